The number of halogens is 1. The van der Waals surface area contributed by atoms with E-state index in [9.17, 15) is 23.1 Å². The maximum absolute atomic E-state index is 12.2. The van der Waals surface area contributed by atoms with Gasteiger partial charge in [-0.1, -0.05) is 41.9 Å². The van der Waals surface area contributed by atoms with Gasteiger partial charge in [-0.05, 0) is 30.7 Å². The number of nitrogens with one attached hydrogen (secondary N) is 1. The molecule has 8 heteroatoms. The van der Waals surface area contributed by atoms with Crippen LogP contribution in [0.25, 0.3) is 0 Å². The molecule has 0 heterocycles. The molecule has 2 aromatic rings. The average molecular weight is 382 g/mol. The van der Waals surface area contributed by atoms with Crippen molar-refractivity contribution in [2.45, 2.75) is 17.4 Å². The largest absolute Gasteiger partial charge is 0.480 e. The third kappa shape index (κ3) is 5.04. The first-order valence-corrected chi connectivity index (χ1v) is 9.40. The minimum absolute atomic E-state index is 0.108. The molecular weight excluding hydrogens is 366 g/mol. The van der Waals surface area contributed by atoms with E-state index in [0.29, 0.717) is 0 Å². The van der Waals surface area contributed by atoms with Crippen molar-refractivity contribution in [2.75, 3.05) is 5.75 Å². The van der Waals surface area contributed by atoms with Gasteiger partial charge in [0.2, 0.25) is 0 Å². The minimum atomic E-state index is -3.64. The van der Waals surface area contributed by atoms with E-state index in [1.807, 2.05) is 0 Å². The van der Waals surface area contributed by atoms with Crippen LogP contribution in [0, 0.1) is 0 Å². The van der Waals surface area contributed by atoms with Gasteiger partial charge in [0.1, 0.15) is 6.04 Å². The number of carbonyl (C=O) groups is 2. The molecule has 6 nitrogen and oxygen atoms in total. The molecule has 0 saturated heterocycles. The highest BCUT2D eigenvalue weighted by Gasteiger charge is 2.25. The van der Waals surface area contributed by atoms with E-state index in [0.717, 1.165) is 0 Å². The van der Waals surface area contributed by atoms with Gasteiger partial charge in [-0.15, -0.1) is 0 Å². The highest BCUT2D eigenvalue weighted by atomic mass is 35.5. The van der Waals surface area contributed by atoms with Crippen LogP contribution in [-0.4, -0.2) is 37.2 Å². The maximum atomic E-state index is 12.2. The van der Waals surface area contributed by atoms with Crippen LogP contribution in [0.1, 0.15) is 16.8 Å². The van der Waals surface area contributed by atoms with Crippen LogP contribution in [0.15, 0.2) is 59.5 Å². The van der Waals surface area contributed by atoms with Crippen LogP contribution >= 0.6 is 11.6 Å². The van der Waals surface area contributed by atoms with Crippen molar-refractivity contribution in [3.63, 3.8) is 0 Å². The standard InChI is InChI=1S/C17H16ClNO5S/c18-14-9-5-4-8-13(14)16(20)19-15(17(21)22)10-11-25(23,24)12-6-2-1-3-7-12/h1-9,15H,10-11H2,(H,19,20)(H,21,22)/t15-/m1/s1. The van der Waals surface area contributed by atoms with Gasteiger partial charge in [0.15, 0.2) is 9.84 Å². The summed E-state index contributed by atoms with van der Waals surface area (Å²) in [6.07, 6.45) is -0.261. The van der Waals surface area contributed by atoms with Gasteiger partial charge in [-0.3, -0.25) is 4.79 Å². The first-order valence-electron chi connectivity index (χ1n) is 7.37. The number of amides is 1. The zero-order valence-corrected chi connectivity index (χ0v) is 14.6. The van der Waals surface area contributed by atoms with Crippen LogP contribution in [0.2, 0.25) is 5.02 Å². The second-order valence-electron chi connectivity index (χ2n) is 5.26. The summed E-state index contributed by atoms with van der Waals surface area (Å²) in [6.45, 7) is 0. The predicted octanol–water partition coefficient (Wildman–Crippen LogP) is 2.39. The van der Waals surface area contributed by atoms with Crippen molar-refractivity contribution in [3.8, 4) is 0 Å². The lowest BCUT2D eigenvalue weighted by Crippen LogP contribution is -2.42. The van der Waals surface area contributed by atoms with E-state index in [4.69, 9.17) is 11.6 Å². The molecule has 0 saturated carbocycles. The van der Waals surface area contributed by atoms with E-state index in [1.54, 1.807) is 30.3 Å². The summed E-state index contributed by atoms with van der Waals surface area (Å²) >= 11 is 5.91. The molecule has 0 unspecified atom stereocenters. The predicted molar refractivity (Wildman–Crippen MR) is 93.5 cm³/mol. The first-order chi connectivity index (χ1) is 11.8. The highest BCUT2D eigenvalue weighted by molar-refractivity contribution is 7.91. The lowest BCUT2D eigenvalue weighted by molar-refractivity contribution is -0.139. The second-order valence-corrected chi connectivity index (χ2v) is 7.78. The van der Waals surface area contributed by atoms with Crippen molar-refractivity contribution in [3.05, 3.63) is 65.2 Å². The molecule has 0 aliphatic heterocycles. The van der Waals surface area contributed by atoms with E-state index in [-0.39, 0.29) is 21.9 Å². The number of benzene rings is 2. The van der Waals surface area contributed by atoms with Crippen molar-refractivity contribution < 1.29 is 23.1 Å². The monoisotopic (exact) mass is 381 g/mol. The normalized spacial score (nSPS) is 12.4. The van der Waals surface area contributed by atoms with Crippen LogP contribution in [0.5, 0.6) is 0 Å². The van der Waals surface area contributed by atoms with E-state index >= 15 is 0 Å². The van der Waals surface area contributed by atoms with Gasteiger partial charge < -0.3 is 10.4 Å². The summed E-state index contributed by atoms with van der Waals surface area (Å²) < 4.78 is 24.5. The number of carbonyl (C=O) groups excluding carboxylic acids is 1. The minimum Gasteiger partial charge on any atom is -0.480 e. The Morgan fingerprint density at radius 1 is 1.04 bits per heavy atom. The Labute approximate surface area is 150 Å². The number of hydrogen-bond acceptors (Lipinski definition) is 4. The third-order valence-electron chi connectivity index (χ3n) is 3.50. The first kappa shape index (κ1) is 19.0. The van der Waals surface area contributed by atoms with Crippen molar-refractivity contribution in [2.24, 2.45) is 0 Å². The lowest BCUT2D eigenvalue weighted by atomic mass is 10.1. The Morgan fingerprint density at radius 3 is 2.24 bits per heavy atom. The molecule has 0 radical (unpaired) electrons. The maximum Gasteiger partial charge on any atom is 0.326 e. The molecular formula is C17H16ClNO5S. The topological polar surface area (TPSA) is 101 Å². The van der Waals surface area contributed by atoms with Crippen molar-refractivity contribution >= 4 is 33.3 Å². The Hall–Kier alpha value is -2.38. The van der Waals surface area contributed by atoms with Crippen LogP contribution < -0.4 is 5.32 Å². The third-order valence-corrected chi connectivity index (χ3v) is 5.59. The number of carboxylic acid groups (broad SMARTS) is 1. The molecule has 132 valence electrons. The molecule has 1 atom stereocenters. The Bertz CT molecular complexity index is 868. The molecule has 0 aromatic heterocycles. The Kier molecular flexibility index (Phi) is 6.17. The number of sulfone groups is 1. The molecule has 2 aromatic carbocycles. The Morgan fingerprint density at radius 2 is 1.64 bits per heavy atom. The summed E-state index contributed by atoms with van der Waals surface area (Å²) in [6, 6.07) is 12.6. The molecule has 25 heavy (non-hydrogen) atoms. The average Bonchev–Trinajstić information content (AvgIpc) is 2.59. The van der Waals surface area contributed by atoms with Gasteiger partial charge in [-0.2, -0.15) is 0 Å². The number of rotatable bonds is 7. The highest BCUT2D eigenvalue weighted by Crippen LogP contribution is 2.16. The summed E-state index contributed by atoms with van der Waals surface area (Å²) in [5, 5.41) is 11.8. The van der Waals surface area contributed by atoms with E-state index < -0.39 is 33.5 Å². The second kappa shape index (κ2) is 8.13. The summed E-state index contributed by atoms with van der Waals surface area (Å²) in [7, 11) is -3.64. The van der Waals surface area contributed by atoms with Crippen LogP contribution in [0.3, 0.4) is 0 Å². The number of hydrogen-bond donors (Lipinski definition) is 2. The quantitative estimate of drug-likeness (QED) is 0.766. The molecule has 2 rings (SSSR count). The zero-order valence-electron chi connectivity index (χ0n) is 13.1. The molecule has 1 amide bonds. The molecule has 0 aliphatic rings. The summed E-state index contributed by atoms with van der Waals surface area (Å²) in [5.41, 5.74) is 0.126. The Balaban J connectivity index is 2.08. The lowest BCUT2D eigenvalue weighted by Gasteiger charge is -2.15. The molecule has 0 spiro atoms. The number of carboxylic acids is 1. The van der Waals surface area contributed by atoms with Gasteiger partial charge >= 0.3 is 5.97 Å². The molecule has 0 bridgehead atoms. The zero-order chi connectivity index (χ0) is 18.4. The van der Waals surface area contributed by atoms with E-state index in [1.165, 1.54) is 24.3 Å². The van der Waals surface area contributed by atoms with Crippen LogP contribution in [0.4, 0.5) is 0 Å². The fourth-order valence-electron chi connectivity index (χ4n) is 2.16. The SMILES string of the molecule is O=C(N[C@H](CCS(=O)(=O)c1ccccc1)C(=O)O)c1ccccc1Cl. The summed E-state index contributed by atoms with van der Waals surface area (Å²) in [5.74, 6) is -2.39. The van der Waals surface area contributed by atoms with Gasteiger partial charge in [0.05, 0.1) is 21.2 Å². The fraction of sp³-hybridized carbons (Fsp3) is 0.176. The van der Waals surface area contributed by atoms with Gasteiger partial charge in [-0.25, -0.2) is 13.2 Å². The number of aliphatic carboxylic acids is 1. The van der Waals surface area contributed by atoms with Crippen molar-refractivity contribution in [1.29, 1.82) is 0 Å². The molecule has 2 N–H and O–H groups in total. The summed E-state index contributed by atoms with van der Waals surface area (Å²) in [4.78, 5) is 23.6. The van der Waals surface area contributed by atoms with Gasteiger partial charge in [0, 0.05) is 0 Å². The molecule has 0 aliphatic carbocycles. The molecule has 0 fully saturated rings. The van der Waals surface area contributed by atoms with Gasteiger partial charge in [0.25, 0.3) is 5.91 Å². The van der Waals surface area contributed by atoms with Crippen LogP contribution in [-0.2, 0) is 14.6 Å². The fourth-order valence-corrected chi connectivity index (χ4v) is 3.73. The van der Waals surface area contributed by atoms with Crippen molar-refractivity contribution in [1.82, 2.24) is 5.32 Å². The smallest absolute Gasteiger partial charge is 0.326 e. The van der Waals surface area contributed by atoms with E-state index in [2.05, 4.69) is 5.32 Å².